The second-order valence-corrected chi connectivity index (χ2v) is 5.11. The smallest absolute Gasteiger partial charge is 0.0637 e. The third kappa shape index (κ3) is 2.85. The Bertz CT molecular complexity index is 549. The topological polar surface area (TPSA) is 12.0 Å². The third-order valence-corrected chi connectivity index (χ3v) is 3.47. The Morgan fingerprint density at radius 1 is 1.06 bits per heavy atom. The number of aryl methyl sites for hydroxylation is 2. The van der Waals surface area contributed by atoms with Crippen LogP contribution in [0.25, 0.3) is 0 Å². The fraction of sp³-hybridized carbons (Fsp3) is 0.250. The second-order valence-electron chi connectivity index (χ2n) is 4.71. The number of rotatable bonds is 3. The number of halogens is 1. The quantitative estimate of drug-likeness (QED) is 0.806. The van der Waals surface area contributed by atoms with E-state index in [2.05, 4.69) is 44.3 Å². The van der Waals surface area contributed by atoms with E-state index in [1.165, 1.54) is 16.7 Å². The summed E-state index contributed by atoms with van der Waals surface area (Å²) in [7, 11) is 0. The van der Waals surface area contributed by atoms with Crippen LogP contribution in [0.2, 0.25) is 5.02 Å². The molecule has 0 aliphatic heterocycles. The molecule has 2 rings (SSSR count). The zero-order valence-electron chi connectivity index (χ0n) is 11.0. The first-order valence-electron chi connectivity index (χ1n) is 6.16. The molecule has 0 saturated heterocycles. The monoisotopic (exact) mass is 259 g/mol. The van der Waals surface area contributed by atoms with Gasteiger partial charge in [-0.3, -0.25) is 0 Å². The SMILES string of the molecule is Cc1ccc(C(C)Nc2ccccc2Cl)c(C)c1. The van der Waals surface area contributed by atoms with Crippen LogP contribution in [0.3, 0.4) is 0 Å². The zero-order valence-corrected chi connectivity index (χ0v) is 11.8. The van der Waals surface area contributed by atoms with Gasteiger partial charge in [-0.25, -0.2) is 0 Å². The summed E-state index contributed by atoms with van der Waals surface area (Å²) in [5.41, 5.74) is 4.88. The number of hydrogen-bond acceptors (Lipinski definition) is 1. The molecule has 94 valence electrons. The Balaban J connectivity index is 2.22. The van der Waals surface area contributed by atoms with E-state index in [-0.39, 0.29) is 6.04 Å². The molecule has 0 radical (unpaired) electrons. The molecule has 0 aromatic heterocycles. The van der Waals surface area contributed by atoms with Crippen molar-refractivity contribution in [2.24, 2.45) is 0 Å². The van der Waals surface area contributed by atoms with Gasteiger partial charge in [0.05, 0.1) is 10.7 Å². The van der Waals surface area contributed by atoms with Gasteiger partial charge in [-0.05, 0) is 44.0 Å². The Kier molecular flexibility index (Phi) is 3.93. The largest absolute Gasteiger partial charge is 0.377 e. The fourth-order valence-corrected chi connectivity index (χ4v) is 2.39. The lowest BCUT2D eigenvalue weighted by atomic mass is 10.00. The molecule has 0 amide bonds. The second kappa shape index (κ2) is 5.45. The molecule has 0 aliphatic carbocycles. The van der Waals surface area contributed by atoms with Crippen LogP contribution in [0.4, 0.5) is 5.69 Å². The van der Waals surface area contributed by atoms with Crippen LogP contribution in [0.5, 0.6) is 0 Å². The molecule has 0 heterocycles. The van der Waals surface area contributed by atoms with Crippen molar-refractivity contribution in [1.82, 2.24) is 0 Å². The minimum atomic E-state index is 0.241. The van der Waals surface area contributed by atoms with E-state index in [0.29, 0.717) is 0 Å². The van der Waals surface area contributed by atoms with Crippen molar-refractivity contribution in [2.75, 3.05) is 5.32 Å². The van der Waals surface area contributed by atoms with Crippen molar-refractivity contribution in [1.29, 1.82) is 0 Å². The molecular weight excluding hydrogens is 242 g/mol. The van der Waals surface area contributed by atoms with Gasteiger partial charge in [-0.15, -0.1) is 0 Å². The molecule has 2 aromatic rings. The van der Waals surface area contributed by atoms with Crippen molar-refractivity contribution in [3.8, 4) is 0 Å². The maximum atomic E-state index is 6.16. The molecule has 0 spiro atoms. The minimum absolute atomic E-state index is 0.241. The van der Waals surface area contributed by atoms with E-state index in [0.717, 1.165) is 10.7 Å². The van der Waals surface area contributed by atoms with Crippen molar-refractivity contribution >= 4 is 17.3 Å². The Morgan fingerprint density at radius 3 is 2.44 bits per heavy atom. The van der Waals surface area contributed by atoms with Crippen LogP contribution in [0.15, 0.2) is 42.5 Å². The van der Waals surface area contributed by atoms with E-state index >= 15 is 0 Å². The molecule has 2 heteroatoms. The summed E-state index contributed by atoms with van der Waals surface area (Å²) in [5, 5.41) is 4.21. The van der Waals surface area contributed by atoms with Gasteiger partial charge in [0.15, 0.2) is 0 Å². The Hall–Kier alpha value is -1.47. The van der Waals surface area contributed by atoms with E-state index in [1.807, 2.05) is 24.3 Å². The summed E-state index contributed by atoms with van der Waals surface area (Å²) in [6, 6.07) is 14.6. The highest BCUT2D eigenvalue weighted by Crippen LogP contribution is 2.27. The van der Waals surface area contributed by atoms with E-state index in [9.17, 15) is 0 Å². The predicted molar refractivity (Wildman–Crippen MR) is 79.4 cm³/mol. The summed E-state index contributed by atoms with van der Waals surface area (Å²) in [6.45, 7) is 6.41. The molecule has 0 aliphatic rings. The summed E-state index contributed by atoms with van der Waals surface area (Å²) in [4.78, 5) is 0. The number of nitrogens with one attached hydrogen (secondary N) is 1. The third-order valence-electron chi connectivity index (χ3n) is 3.14. The van der Waals surface area contributed by atoms with Crippen LogP contribution in [-0.4, -0.2) is 0 Å². The van der Waals surface area contributed by atoms with Gasteiger partial charge in [0.25, 0.3) is 0 Å². The van der Waals surface area contributed by atoms with Crippen LogP contribution in [0.1, 0.15) is 29.7 Å². The fourth-order valence-electron chi connectivity index (χ4n) is 2.20. The highest BCUT2D eigenvalue weighted by Gasteiger charge is 2.09. The molecule has 0 saturated carbocycles. The molecule has 18 heavy (non-hydrogen) atoms. The Morgan fingerprint density at radius 2 is 1.78 bits per heavy atom. The number of anilines is 1. The first kappa shape index (κ1) is 13.0. The number of benzene rings is 2. The molecule has 1 nitrogen and oxygen atoms in total. The van der Waals surface area contributed by atoms with Crippen LogP contribution in [-0.2, 0) is 0 Å². The summed E-state index contributed by atoms with van der Waals surface area (Å²) >= 11 is 6.16. The van der Waals surface area contributed by atoms with Gasteiger partial charge < -0.3 is 5.32 Å². The number of hydrogen-bond donors (Lipinski definition) is 1. The average molecular weight is 260 g/mol. The lowest BCUT2D eigenvalue weighted by molar-refractivity contribution is 0.873. The summed E-state index contributed by atoms with van der Waals surface area (Å²) < 4.78 is 0. The number of para-hydroxylation sites is 1. The van der Waals surface area contributed by atoms with Crippen molar-refractivity contribution in [3.63, 3.8) is 0 Å². The highest BCUT2D eigenvalue weighted by atomic mass is 35.5. The molecule has 0 fully saturated rings. The van der Waals surface area contributed by atoms with Crippen molar-refractivity contribution in [2.45, 2.75) is 26.8 Å². The average Bonchev–Trinajstić information content (AvgIpc) is 2.32. The van der Waals surface area contributed by atoms with Gasteiger partial charge in [0.1, 0.15) is 0 Å². The minimum Gasteiger partial charge on any atom is -0.377 e. The maximum absolute atomic E-state index is 6.16. The first-order valence-corrected chi connectivity index (χ1v) is 6.54. The van der Waals surface area contributed by atoms with Gasteiger partial charge in [-0.1, -0.05) is 47.5 Å². The van der Waals surface area contributed by atoms with Crippen molar-refractivity contribution < 1.29 is 0 Å². The maximum Gasteiger partial charge on any atom is 0.0637 e. The van der Waals surface area contributed by atoms with Gasteiger partial charge >= 0.3 is 0 Å². The summed E-state index contributed by atoms with van der Waals surface area (Å²) in [6.07, 6.45) is 0. The molecule has 1 unspecified atom stereocenters. The first-order chi connectivity index (χ1) is 8.58. The van der Waals surface area contributed by atoms with Crippen molar-refractivity contribution in [3.05, 3.63) is 64.2 Å². The molecule has 0 bridgehead atoms. The lowest BCUT2D eigenvalue weighted by Gasteiger charge is -2.19. The van der Waals surface area contributed by atoms with E-state index in [1.54, 1.807) is 0 Å². The molecule has 1 atom stereocenters. The van der Waals surface area contributed by atoms with Gasteiger partial charge in [-0.2, -0.15) is 0 Å². The molecular formula is C16H18ClN. The highest BCUT2D eigenvalue weighted by molar-refractivity contribution is 6.33. The Labute approximate surface area is 114 Å². The zero-order chi connectivity index (χ0) is 13.1. The van der Waals surface area contributed by atoms with E-state index < -0.39 is 0 Å². The summed E-state index contributed by atoms with van der Waals surface area (Å²) in [5.74, 6) is 0. The van der Waals surface area contributed by atoms with E-state index in [4.69, 9.17) is 11.6 Å². The van der Waals surface area contributed by atoms with Gasteiger partial charge in [0.2, 0.25) is 0 Å². The predicted octanol–water partition coefficient (Wildman–Crippen LogP) is 5.13. The lowest BCUT2D eigenvalue weighted by Crippen LogP contribution is -2.08. The molecule has 1 N–H and O–H groups in total. The van der Waals surface area contributed by atoms with Crippen LogP contribution in [0, 0.1) is 13.8 Å². The van der Waals surface area contributed by atoms with Crippen LogP contribution >= 0.6 is 11.6 Å². The normalized spacial score (nSPS) is 12.2. The molecule has 2 aromatic carbocycles. The standard InChI is InChI=1S/C16H18ClN/c1-11-8-9-14(12(2)10-11)13(3)18-16-7-5-4-6-15(16)17/h4-10,13,18H,1-3H3. The van der Waals surface area contributed by atoms with Crippen LogP contribution < -0.4 is 5.32 Å². The van der Waals surface area contributed by atoms with Gasteiger partial charge in [0, 0.05) is 6.04 Å².